The topological polar surface area (TPSA) is 86.7 Å². The van der Waals surface area contributed by atoms with E-state index in [9.17, 15) is 18.3 Å². The van der Waals surface area contributed by atoms with Crippen molar-refractivity contribution in [3.63, 3.8) is 0 Å². The minimum Gasteiger partial charge on any atom is -0.506 e. The fraction of sp³-hybridized carbons (Fsp3) is 0.235. The number of rotatable bonds is 4. The second-order valence-corrected chi connectivity index (χ2v) is 7.45. The van der Waals surface area contributed by atoms with Crippen molar-refractivity contribution in [2.75, 3.05) is 10.8 Å². The van der Waals surface area contributed by atoms with Gasteiger partial charge >= 0.3 is 10.2 Å². The number of hydrogen-bond donors (Lipinski definition) is 2. The lowest BCUT2D eigenvalue weighted by atomic mass is 10.0. The normalized spacial score (nSPS) is 19.4. The standard InChI is InChI=1S/C17H18N2O4S/c1-12-4-2-3-5-14(12)8-13-6-7-16(17(21)9-13)19-10-15(11-20)18-24(19,22)23/h2-7,9,11,15,18,21H,8,10H2,1H3. The lowest BCUT2D eigenvalue weighted by molar-refractivity contribution is -0.108. The van der Waals surface area contributed by atoms with E-state index < -0.39 is 16.3 Å². The Bertz CT molecular complexity index is 880. The first-order valence-electron chi connectivity index (χ1n) is 7.52. The summed E-state index contributed by atoms with van der Waals surface area (Å²) in [4.78, 5) is 10.8. The number of carbonyl (C=O) groups is 1. The highest BCUT2D eigenvalue weighted by atomic mass is 32.2. The molecule has 6 nitrogen and oxygen atoms in total. The molecule has 1 atom stereocenters. The largest absolute Gasteiger partial charge is 0.506 e. The number of carbonyl (C=O) groups excluding carboxylic acids is 1. The zero-order chi connectivity index (χ0) is 17.3. The Morgan fingerprint density at radius 1 is 1.29 bits per heavy atom. The summed E-state index contributed by atoms with van der Waals surface area (Å²) in [6.45, 7) is 1.99. The zero-order valence-corrected chi connectivity index (χ0v) is 14.0. The maximum Gasteiger partial charge on any atom is 0.302 e. The van der Waals surface area contributed by atoms with Gasteiger partial charge in [0.15, 0.2) is 0 Å². The molecule has 1 aliphatic heterocycles. The molecule has 126 valence electrons. The van der Waals surface area contributed by atoms with Crippen LogP contribution < -0.4 is 9.03 Å². The van der Waals surface area contributed by atoms with E-state index in [2.05, 4.69) is 4.72 Å². The molecule has 0 bridgehead atoms. The van der Waals surface area contributed by atoms with E-state index in [1.54, 1.807) is 18.2 Å². The highest BCUT2D eigenvalue weighted by Crippen LogP contribution is 2.32. The highest BCUT2D eigenvalue weighted by molar-refractivity contribution is 7.91. The van der Waals surface area contributed by atoms with Gasteiger partial charge in [-0.05, 0) is 42.2 Å². The van der Waals surface area contributed by atoms with Crippen LogP contribution >= 0.6 is 0 Å². The first-order valence-corrected chi connectivity index (χ1v) is 8.96. The number of nitrogens with zero attached hydrogens (tertiary/aromatic N) is 1. The third kappa shape index (κ3) is 3.13. The average Bonchev–Trinajstić information content (AvgIpc) is 2.85. The SMILES string of the molecule is Cc1ccccc1Cc1ccc(N2CC(C=O)NS2(=O)=O)c(O)c1. The van der Waals surface area contributed by atoms with E-state index in [4.69, 9.17) is 0 Å². The summed E-state index contributed by atoms with van der Waals surface area (Å²) in [5.74, 6) is -0.127. The van der Waals surface area contributed by atoms with Crippen LogP contribution in [0.5, 0.6) is 5.75 Å². The molecule has 3 rings (SSSR count). The van der Waals surface area contributed by atoms with Crippen molar-refractivity contribution in [3.8, 4) is 5.75 Å². The van der Waals surface area contributed by atoms with Gasteiger partial charge in [0.2, 0.25) is 0 Å². The van der Waals surface area contributed by atoms with Crippen LogP contribution in [-0.4, -0.2) is 32.4 Å². The van der Waals surface area contributed by atoms with E-state index in [-0.39, 0.29) is 18.0 Å². The van der Waals surface area contributed by atoms with Gasteiger partial charge in [0.1, 0.15) is 12.0 Å². The summed E-state index contributed by atoms with van der Waals surface area (Å²) < 4.78 is 27.3. The second-order valence-electron chi connectivity index (χ2n) is 5.82. The van der Waals surface area contributed by atoms with Crippen molar-refractivity contribution in [2.24, 2.45) is 0 Å². The van der Waals surface area contributed by atoms with Crippen molar-refractivity contribution in [1.82, 2.24) is 4.72 Å². The molecule has 1 aliphatic rings. The van der Waals surface area contributed by atoms with Crippen LogP contribution in [0.15, 0.2) is 42.5 Å². The molecule has 1 fully saturated rings. The number of phenolic OH excluding ortho intramolecular Hbond substituents is 1. The summed E-state index contributed by atoms with van der Waals surface area (Å²) in [6.07, 6.45) is 1.18. The molecule has 0 spiro atoms. The highest BCUT2D eigenvalue weighted by Gasteiger charge is 2.36. The van der Waals surface area contributed by atoms with E-state index in [1.807, 2.05) is 31.2 Å². The number of aldehydes is 1. The maximum atomic E-state index is 12.0. The van der Waals surface area contributed by atoms with Crippen LogP contribution in [0.1, 0.15) is 16.7 Å². The first kappa shape index (κ1) is 16.5. The average molecular weight is 346 g/mol. The number of hydrogen-bond acceptors (Lipinski definition) is 4. The second kappa shape index (κ2) is 6.26. The van der Waals surface area contributed by atoms with Gasteiger partial charge in [-0.3, -0.25) is 4.31 Å². The summed E-state index contributed by atoms with van der Waals surface area (Å²) in [6, 6.07) is 12.1. The van der Waals surface area contributed by atoms with E-state index in [0.29, 0.717) is 12.7 Å². The van der Waals surface area contributed by atoms with Crippen LogP contribution in [0.4, 0.5) is 5.69 Å². The number of aryl methyl sites for hydroxylation is 1. The minimum atomic E-state index is -3.81. The van der Waals surface area contributed by atoms with Crippen LogP contribution in [0.3, 0.4) is 0 Å². The fourth-order valence-corrected chi connectivity index (χ4v) is 4.20. The van der Waals surface area contributed by atoms with Gasteiger partial charge in [0.25, 0.3) is 0 Å². The lowest BCUT2D eigenvalue weighted by Gasteiger charge is -2.18. The molecule has 1 saturated heterocycles. The Morgan fingerprint density at radius 3 is 2.67 bits per heavy atom. The molecule has 2 N–H and O–H groups in total. The number of aromatic hydroxyl groups is 1. The number of anilines is 1. The fourth-order valence-electron chi connectivity index (χ4n) is 2.79. The molecule has 0 radical (unpaired) electrons. The Hall–Kier alpha value is -2.38. The smallest absolute Gasteiger partial charge is 0.302 e. The van der Waals surface area contributed by atoms with Crippen LogP contribution in [-0.2, 0) is 21.4 Å². The van der Waals surface area contributed by atoms with Crippen molar-refractivity contribution in [3.05, 3.63) is 59.2 Å². The van der Waals surface area contributed by atoms with Crippen molar-refractivity contribution < 1.29 is 18.3 Å². The van der Waals surface area contributed by atoms with Gasteiger partial charge in [-0.2, -0.15) is 13.1 Å². The molecule has 0 saturated carbocycles. The van der Waals surface area contributed by atoms with Crippen LogP contribution in [0.2, 0.25) is 0 Å². The quantitative estimate of drug-likeness (QED) is 0.822. The van der Waals surface area contributed by atoms with Gasteiger partial charge in [-0.1, -0.05) is 30.3 Å². The van der Waals surface area contributed by atoms with Gasteiger partial charge in [0, 0.05) is 0 Å². The molecule has 2 aromatic carbocycles. The number of nitrogens with one attached hydrogen (secondary N) is 1. The van der Waals surface area contributed by atoms with Crippen molar-refractivity contribution in [1.29, 1.82) is 0 Å². The van der Waals surface area contributed by atoms with E-state index >= 15 is 0 Å². The van der Waals surface area contributed by atoms with Crippen molar-refractivity contribution in [2.45, 2.75) is 19.4 Å². The third-order valence-electron chi connectivity index (χ3n) is 4.08. The molecule has 7 heteroatoms. The molecular weight excluding hydrogens is 328 g/mol. The minimum absolute atomic E-state index is 0.0312. The van der Waals surface area contributed by atoms with Gasteiger partial charge in [-0.15, -0.1) is 0 Å². The molecule has 0 aliphatic carbocycles. The van der Waals surface area contributed by atoms with Gasteiger partial charge in [0.05, 0.1) is 18.3 Å². The first-order chi connectivity index (χ1) is 11.4. The Balaban J connectivity index is 1.88. The van der Waals surface area contributed by atoms with Gasteiger partial charge < -0.3 is 9.90 Å². The Labute approximate surface area is 140 Å². The summed E-state index contributed by atoms with van der Waals surface area (Å²) in [5, 5.41) is 10.3. The van der Waals surface area contributed by atoms with Gasteiger partial charge in [-0.25, -0.2) is 0 Å². The predicted molar refractivity (Wildman–Crippen MR) is 91.3 cm³/mol. The monoisotopic (exact) mass is 346 g/mol. The molecular formula is C17H18N2O4S. The lowest BCUT2D eigenvalue weighted by Crippen LogP contribution is -2.30. The Kier molecular flexibility index (Phi) is 4.29. The number of benzene rings is 2. The number of phenols is 1. The molecule has 1 heterocycles. The molecule has 0 amide bonds. The third-order valence-corrected chi connectivity index (χ3v) is 5.61. The van der Waals surface area contributed by atoms with Crippen LogP contribution in [0.25, 0.3) is 0 Å². The summed E-state index contributed by atoms with van der Waals surface area (Å²) in [5.41, 5.74) is 3.34. The maximum absolute atomic E-state index is 12.0. The van der Waals surface area contributed by atoms with Crippen LogP contribution in [0, 0.1) is 6.92 Å². The zero-order valence-electron chi connectivity index (χ0n) is 13.1. The molecule has 2 aromatic rings. The molecule has 24 heavy (non-hydrogen) atoms. The summed E-state index contributed by atoms with van der Waals surface area (Å²) >= 11 is 0. The Morgan fingerprint density at radius 2 is 2.04 bits per heavy atom. The summed E-state index contributed by atoms with van der Waals surface area (Å²) in [7, 11) is -3.81. The van der Waals surface area contributed by atoms with E-state index in [0.717, 1.165) is 21.0 Å². The van der Waals surface area contributed by atoms with E-state index in [1.165, 1.54) is 0 Å². The van der Waals surface area contributed by atoms with Crippen molar-refractivity contribution >= 4 is 22.2 Å². The molecule has 0 aromatic heterocycles. The molecule has 1 unspecified atom stereocenters. The predicted octanol–water partition coefficient (Wildman–Crippen LogP) is 1.51.